The topological polar surface area (TPSA) is 19.9 Å². The quantitative estimate of drug-likeness (QED) is 0.621. The highest BCUT2D eigenvalue weighted by atomic mass is 35.5. The minimum atomic E-state index is -0.117. The Morgan fingerprint density at radius 1 is 1.27 bits per heavy atom. The summed E-state index contributed by atoms with van der Waals surface area (Å²) in [5, 5.41) is 10.1. The third kappa shape index (κ3) is 2.52. The van der Waals surface area contributed by atoms with E-state index in [-0.39, 0.29) is 12.0 Å². The summed E-state index contributed by atoms with van der Waals surface area (Å²) in [6, 6.07) is 9.66. The van der Waals surface area contributed by atoms with Crippen LogP contribution in [0.2, 0.25) is 0 Å². The normalized spacial score (nSPS) is 12.9. The fourth-order valence-corrected chi connectivity index (χ4v) is 1.17. The summed E-state index contributed by atoms with van der Waals surface area (Å²) in [5.41, 5.74) is 1.03. The van der Waals surface area contributed by atoms with Crippen LogP contribution in [0.15, 0.2) is 30.3 Å². The summed E-state index contributed by atoms with van der Waals surface area (Å²) < 4.78 is 0. The van der Waals surface area contributed by atoms with E-state index >= 15 is 0 Å². The predicted molar refractivity (Wildman–Crippen MR) is 45.2 cm³/mol. The molecule has 0 bridgehead atoms. The first kappa shape index (κ1) is 8.57. The number of alkyl halides is 1. The maximum Gasteiger partial charge on any atom is 0.0839 e. The number of rotatable bonds is 3. The molecule has 1 atom stereocenters. The first-order valence-corrected chi connectivity index (χ1v) is 4.05. The van der Waals surface area contributed by atoms with E-state index in [4.69, 9.17) is 11.6 Å². The molecule has 0 aliphatic carbocycles. The van der Waals surface area contributed by atoms with Gasteiger partial charge in [-0.1, -0.05) is 30.3 Å². The molecule has 0 saturated heterocycles. The Morgan fingerprint density at radius 3 is 2.45 bits per heavy atom. The van der Waals surface area contributed by atoms with Crippen molar-refractivity contribution in [2.24, 2.45) is 0 Å². The second-order valence-corrected chi connectivity index (χ2v) is 2.90. The molecular formula is C9H10ClO. The van der Waals surface area contributed by atoms with Gasteiger partial charge in [0.1, 0.15) is 0 Å². The van der Waals surface area contributed by atoms with Crippen molar-refractivity contribution in [3.63, 3.8) is 0 Å². The highest BCUT2D eigenvalue weighted by Gasteiger charge is 2.05. The lowest BCUT2D eigenvalue weighted by atomic mass is 10.1. The summed E-state index contributed by atoms with van der Waals surface area (Å²) in [4.78, 5) is 0. The predicted octanol–water partition coefficient (Wildman–Crippen LogP) is 2.79. The monoisotopic (exact) mass is 169 g/mol. The van der Waals surface area contributed by atoms with Crippen LogP contribution < -0.4 is 0 Å². The molecule has 1 radical (unpaired) electrons. The molecule has 0 saturated carbocycles. The molecule has 0 heterocycles. The van der Waals surface area contributed by atoms with Gasteiger partial charge in [-0.05, 0) is 12.0 Å². The number of hydrogen-bond donors (Lipinski definition) is 0. The smallest absolute Gasteiger partial charge is 0.0839 e. The van der Waals surface area contributed by atoms with Gasteiger partial charge in [0.05, 0.1) is 12.0 Å². The van der Waals surface area contributed by atoms with Crippen molar-refractivity contribution in [1.29, 1.82) is 0 Å². The largest absolute Gasteiger partial charge is 0.237 e. The lowest BCUT2D eigenvalue weighted by Gasteiger charge is -2.05. The molecule has 1 aromatic carbocycles. The molecule has 11 heavy (non-hydrogen) atoms. The van der Waals surface area contributed by atoms with Crippen LogP contribution in [0.25, 0.3) is 0 Å². The van der Waals surface area contributed by atoms with E-state index < -0.39 is 0 Å². The van der Waals surface area contributed by atoms with Crippen LogP contribution in [-0.2, 0) is 5.11 Å². The van der Waals surface area contributed by atoms with Gasteiger partial charge < -0.3 is 0 Å². The summed E-state index contributed by atoms with van der Waals surface area (Å²) in [5.74, 6) is 0. The Morgan fingerprint density at radius 2 is 1.91 bits per heavy atom. The third-order valence-corrected chi connectivity index (χ3v) is 2.00. The van der Waals surface area contributed by atoms with Crippen LogP contribution in [0, 0.1) is 0 Å². The Labute approximate surface area is 71.6 Å². The van der Waals surface area contributed by atoms with E-state index in [2.05, 4.69) is 0 Å². The van der Waals surface area contributed by atoms with Crippen LogP contribution in [0.3, 0.4) is 0 Å². The molecule has 2 heteroatoms. The van der Waals surface area contributed by atoms with Gasteiger partial charge in [-0.15, -0.1) is 11.6 Å². The van der Waals surface area contributed by atoms with Crippen LogP contribution in [0.5, 0.6) is 0 Å². The van der Waals surface area contributed by atoms with Gasteiger partial charge in [0, 0.05) is 0 Å². The maximum atomic E-state index is 10.2. The summed E-state index contributed by atoms with van der Waals surface area (Å²) in [7, 11) is 0. The molecule has 0 N–H and O–H groups in total. The van der Waals surface area contributed by atoms with Gasteiger partial charge in [-0.2, -0.15) is 0 Å². The van der Waals surface area contributed by atoms with Gasteiger partial charge >= 0.3 is 0 Å². The zero-order chi connectivity index (χ0) is 8.10. The van der Waals surface area contributed by atoms with Crippen molar-refractivity contribution in [1.82, 2.24) is 0 Å². The molecule has 0 spiro atoms. The van der Waals surface area contributed by atoms with Crippen molar-refractivity contribution < 1.29 is 5.11 Å². The van der Waals surface area contributed by atoms with Gasteiger partial charge in [0.25, 0.3) is 0 Å². The minimum absolute atomic E-state index is 0.108. The number of hydrogen-bond acceptors (Lipinski definition) is 0. The van der Waals surface area contributed by atoms with E-state index in [0.29, 0.717) is 6.42 Å². The SMILES string of the molecule is [O]CCC(Cl)c1ccccc1. The lowest BCUT2D eigenvalue weighted by molar-refractivity contribution is 0.188. The standard InChI is InChI=1S/C9H10ClO/c10-9(6-7-11)8-4-2-1-3-5-8/h1-5,9H,6-7H2. The van der Waals surface area contributed by atoms with Gasteiger partial charge in [0.2, 0.25) is 0 Å². The highest BCUT2D eigenvalue weighted by Crippen LogP contribution is 2.22. The first-order valence-electron chi connectivity index (χ1n) is 3.61. The van der Waals surface area contributed by atoms with Gasteiger partial charge in [0.15, 0.2) is 0 Å². The van der Waals surface area contributed by atoms with Gasteiger partial charge in [-0.25, -0.2) is 5.11 Å². The van der Waals surface area contributed by atoms with Crippen molar-refractivity contribution in [3.05, 3.63) is 35.9 Å². The lowest BCUT2D eigenvalue weighted by Crippen LogP contribution is -1.92. The summed E-state index contributed by atoms with van der Waals surface area (Å²) >= 11 is 5.91. The number of benzene rings is 1. The molecule has 0 aliphatic rings. The summed E-state index contributed by atoms with van der Waals surface area (Å²) in [6.07, 6.45) is 0.506. The van der Waals surface area contributed by atoms with Crippen molar-refractivity contribution in [2.45, 2.75) is 11.8 Å². The van der Waals surface area contributed by atoms with E-state index in [1.54, 1.807) is 0 Å². The molecule has 0 amide bonds. The van der Waals surface area contributed by atoms with Crippen LogP contribution in [0.1, 0.15) is 17.4 Å². The highest BCUT2D eigenvalue weighted by molar-refractivity contribution is 6.20. The van der Waals surface area contributed by atoms with Crippen LogP contribution >= 0.6 is 11.6 Å². The average Bonchev–Trinajstić information content (AvgIpc) is 2.07. The maximum absolute atomic E-state index is 10.2. The van der Waals surface area contributed by atoms with E-state index in [1.165, 1.54) is 0 Å². The molecule has 0 aliphatic heterocycles. The Balaban J connectivity index is 2.61. The molecule has 1 unspecified atom stereocenters. The molecule has 1 nitrogen and oxygen atoms in total. The second-order valence-electron chi connectivity index (χ2n) is 2.37. The fourth-order valence-electron chi connectivity index (χ4n) is 0.932. The molecular weight excluding hydrogens is 160 g/mol. The average molecular weight is 170 g/mol. The molecule has 0 aromatic heterocycles. The fraction of sp³-hybridized carbons (Fsp3) is 0.333. The molecule has 1 rings (SSSR count). The van der Waals surface area contributed by atoms with E-state index in [9.17, 15) is 5.11 Å². The second kappa shape index (κ2) is 4.37. The minimum Gasteiger partial charge on any atom is -0.237 e. The van der Waals surface area contributed by atoms with Crippen molar-refractivity contribution >= 4 is 11.6 Å². The Hall–Kier alpha value is -0.530. The molecule has 0 fully saturated rings. The summed E-state index contributed by atoms with van der Waals surface area (Å²) in [6.45, 7) is -0.108. The zero-order valence-electron chi connectivity index (χ0n) is 6.16. The van der Waals surface area contributed by atoms with E-state index in [1.807, 2.05) is 30.3 Å². The van der Waals surface area contributed by atoms with Crippen molar-refractivity contribution in [3.8, 4) is 0 Å². The van der Waals surface area contributed by atoms with E-state index in [0.717, 1.165) is 5.56 Å². The van der Waals surface area contributed by atoms with Crippen molar-refractivity contribution in [2.75, 3.05) is 6.61 Å². The van der Waals surface area contributed by atoms with Gasteiger partial charge in [-0.3, -0.25) is 0 Å². The molecule has 59 valence electrons. The van der Waals surface area contributed by atoms with Crippen LogP contribution in [0.4, 0.5) is 0 Å². The zero-order valence-corrected chi connectivity index (χ0v) is 6.92. The Kier molecular flexibility index (Phi) is 3.40. The molecule has 1 aromatic rings. The Bertz CT molecular complexity index is 198. The third-order valence-electron chi connectivity index (χ3n) is 1.53. The van der Waals surface area contributed by atoms with Crippen LogP contribution in [-0.4, -0.2) is 6.61 Å². The first-order chi connectivity index (χ1) is 5.34. The number of halogens is 1.